The predicted octanol–water partition coefficient (Wildman–Crippen LogP) is 3.52. The molecule has 0 saturated heterocycles. The number of anilines is 1. The third-order valence-electron chi connectivity index (χ3n) is 3.54. The fourth-order valence-electron chi connectivity index (χ4n) is 2.42. The Morgan fingerprint density at radius 3 is 2.60 bits per heavy atom. The van der Waals surface area contributed by atoms with Gasteiger partial charge in [-0.25, -0.2) is 0 Å². The number of carbonyl (C=O) groups is 2. The predicted molar refractivity (Wildman–Crippen MR) is 99.4 cm³/mol. The summed E-state index contributed by atoms with van der Waals surface area (Å²) in [6.07, 6.45) is 0. The minimum absolute atomic E-state index is 0.121. The Balaban J connectivity index is 2.03. The molecule has 6 heteroatoms. The molecule has 0 unspecified atom stereocenters. The fraction of sp³-hybridized carbons (Fsp3) is 0.263. The van der Waals surface area contributed by atoms with Crippen molar-refractivity contribution in [1.29, 1.82) is 0 Å². The highest BCUT2D eigenvalue weighted by molar-refractivity contribution is 6.30. The van der Waals surface area contributed by atoms with Crippen LogP contribution in [0.2, 0.25) is 5.02 Å². The highest BCUT2D eigenvalue weighted by Crippen LogP contribution is 2.27. The van der Waals surface area contributed by atoms with Crippen LogP contribution in [0.3, 0.4) is 0 Å². The van der Waals surface area contributed by atoms with E-state index in [9.17, 15) is 9.59 Å². The Hall–Kier alpha value is -2.53. The SMILES string of the molecule is CCOc1ccccc1N(CCNC(=O)c1cccc(Cl)c1)C(C)=O. The summed E-state index contributed by atoms with van der Waals surface area (Å²) in [5.41, 5.74) is 1.17. The standard InChI is InChI=1S/C19H21ClN2O3/c1-3-25-18-10-5-4-9-17(18)22(14(2)23)12-11-21-19(24)15-7-6-8-16(20)13-15/h4-10,13H,3,11-12H2,1-2H3,(H,21,24). The molecule has 2 amide bonds. The van der Waals surface area contributed by atoms with Gasteiger partial charge in [0.25, 0.3) is 5.91 Å². The maximum atomic E-state index is 12.2. The van der Waals surface area contributed by atoms with Crippen molar-refractivity contribution < 1.29 is 14.3 Å². The summed E-state index contributed by atoms with van der Waals surface area (Å²) in [7, 11) is 0. The van der Waals surface area contributed by atoms with E-state index < -0.39 is 0 Å². The molecule has 2 aromatic rings. The quantitative estimate of drug-likeness (QED) is 0.821. The molecule has 0 spiro atoms. The van der Waals surface area contributed by atoms with Gasteiger partial charge in [0.2, 0.25) is 5.91 Å². The Labute approximate surface area is 152 Å². The third kappa shape index (κ3) is 5.22. The molecule has 0 heterocycles. The lowest BCUT2D eigenvalue weighted by molar-refractivity contribution is -0.116. The van der Waals surface area contributed by atoms with Gasteiger partial charge in [-0.1, -0.05) is 29.8 Å². The lowest BCUT2D eigenvalue weighted by atomic mass is 10.2. The minimum atomic E-state index is -0.232. The van der Waals surface area contributed by atoms with Crippen LogP contribution in [-0.2, 0) is 4.79 Å². The van der Waals surface area contributed by atoms with Gasteiger partial charge in [-0.2, -0.15) is 0 Å². The number of nitrogens with one attached hydrogen (secondary N) is 1. The average Bonchev–Trinajstić information content (AvgIpc) is 2.59. The Morgan fingerprint density at radius 1 is 1.16 bits per heavy atom. The molecule has 0 atom stereocenters. The second-order valence-corrected chi connectivity index (χ2v) is 5.77. The van der Waals surface area contributed by atoms with Gasteiger partial charge in [0, 0.05) is 30.6 Å². The smallest absolute Gasteiger partial charge is 0.251 e. The molecule has 1 N–H and O–H groups in total. The molecule has 0 radical (unpaired) electrons. The molecule has 5 nitrogen and oxygen atoms in total. The normalized spacial score (nSPS) is 10.2. The summed E-state index contributed by atoms with van der Waals surface area (Å²) in [6.45, 7) is 4.53. The largest absolute Gasteiger partial charge is 0.492 e. The molecule has 132 valence electrons. The van der Waals surface area contributed by atoms with Crippen LogP contribution in [0.25, 0.3) is 0 Å². The van der Waals surface area contributed by atoms with E-state index in [4.69, 9.17) is 16.3 Å². The lowest BCUT2D eigenvalue weighted by Gasteiger charge is -2.23. The monoisotopic (exact) mass is 360 g/mol. The first-order valence-corrected chi connectivity index (χ1v) is 8.44. The number of hydrogen-bond acceptors (Lipinski definition) is 3. The number of amides is 2. The number of rotatable bonds is 7. The second kappa shape index (κ2) is 9.08. The van der Waals surface area contributed by atoms with Gasteiger partial charge >= 0.3 is 0 Å². The average molecular weight is 361 g/mol. The van der Waals surface area contributed by atoms with Gasteiger partial charge in [-0.15, -0.1) is 0 Å². The van der Waals surface area contributed by atoms with Crippen LogP contribution in [-0.4, -0.2) is 31.5 Å². The first-order chi connectivity index (χ1) is 12.0. The summed E-state index contributed by atoms with van der Waals surface area (Å²) in [5, 5.41) is 3.30. The van der Waals surface area contributed by atoms with E-state index in [1.54, 1.807) is 29.2 Å². The molecule has 0 saturated carbocycles. The van der Waals surface area contributed by atoms with Crippen LogP contribution >= 0.6 is 11.6 Å². The van der Waals surface area contributed by atoms with Crippen molar-refractivity contribution in [3.05, 3.63) is 59.1 Å². The summed E-state index contributed by atoms with van der Waals surface area (Å²) in [6, 6.07) is 14.1. The first kappa shape index (κ1) is 18.8. The van der Waals surface area contributed by atoms with E-state index in [0.717, 1.165) is 0 Å². The molecule has 25 heavy (non-hydrogen) atoms. The topological polar surface area (TPSA) is 58.6 Å². The highest BCUT2D eigenvalue weighted by Gasteiger charge is 2.16. The molecule has 0 aliphatic heterocycles. The van der Waals surface area contributed by atoms with Gasteiger partial charge in [-0.3, -0.25) is 9.59 Å². The lowest BCUT2D eigenvalue weighted by Crippen LogP contribution is -2.37. The van der Waals surface area contributed by atoms with E-state index in [1.165, 1.54) is 6.92 Å². The Kier molecular flexibility index (Phi) is 6.83. The number of ether oxygens (including phenoxy) is 1. The van der Waals surface area contributed by atoms with Crippen molar-refractivity contribution in [3.8, 4) is 5.75 Å². The molecule has 2 aromatic carbocycles. The molecule has 0 bridgehead atoms. The number of carbonyl (C=O) groups excluding carboxylic acids is 2. The van der Waals surface area contributed by atoms with Gasteiger partial charge in [0.1, 0.15) is 5.75 Å². The van der Waals surface area contributed by atoms with E-state index in [2.05, 4.69) is 5.32 Å². The maximum absolute atomic E-state index is 12.2. The van der Waals surface area contributed by atoms with Crippen molar-refractivity contribution in [2.45, 2.75) is 13.8 Å². The molecular weight excluding hydrogens is 340 g/mol. The minimum Gasteiger partial charge on any atom is -0.492 e. The van der Waals surface area contributed by atoms with Crippen molar-refractivity contribution >= 4 is 29.1 Å². The van der Waals surface area contributed by atoms with Gasteiger partial charge in [0.15, 0.2) is 0 Å². The van der Waals surface area contributed by atoms with Crippen molar-refractivity contribution in [2.24, 2.45) is 0 Å². The first-order valence-electron chi connectivity index (χ1n) is 8.06. The van der Waals surface area contributed by atoms with Crippen molar-refractivity contribution in [2.75, 3.05) is 24.6 Å². The fourth-order valence-corrected chi connectivity index (χ4v) is 2.61. The zero-order valence-electron chi connectivity index (χ0n) is 14.3. The second-order valence-electron chi connectivity index (χ2n) is 5.34. The maximum Gasteiger partial charge on any atom is 0.251 e. The van der Waals surface area contributed by atoms with E-state index in [1.807, 2.05) is 31.2 Å². The zero-order valence-corrected chi connectivity index (χ0v) is 15.0. The molecule has 0 aliphatic carbocycles. The van der Waals surface area contributed by atoms with Crippen LogP contribution in [0.4, 0.5) is 5.69 Å². The van der Waals surface area contributed by atoms with Crippen molar-refractivity contribution in [3.63, 3.8) is 0 Å². The van der Waals surface area contributed by atoms with Crippen LogP contribution in [0, 0.1) is 0 Å². The summed E-state index contributed by atoms with van der Waals surface area (Å²) in [5.74, 6) is 0.287. The van der Waals surface area contributed by atoms with Crippen LogP contribution < -0.4 is 15.0 Å². The number of halogens is 1. The molecule has 0 aromatic heterocycles. The third-order valence-corrected chi connectivity index (χ3v) is 3.78. The van der Waals surface area contributed by atoms with Gasteiger partial charge in [0.05, 0.1) is 12.3 Å². The molecule has 0 aliphatic rings. The molecule has 0 fully saturated rings. The van der Waals surface area contributed by atoms with Crippen LogP contribution in [0.15, 0.2) is 48.5 Å². The van der Waals surface area contributed by atoms with E-state index in [0.29, 0.717) is 41.7 Å². The van der Waals surface area contributed by atoms with E-state index in [-0.39, 0.29) is 11.8 Å². The van der Waals surface area contributed by atoms with Crippen molar-refractivity contribution in [1.82, 2.24) is 5.32 Å². The number of hydrogen-bond donors (Lipinski definition) is 1. The number of benzene rings is 2. The van der Waals surface area contributed by atoms with Gasteiger partial charge in [-0.05, 0) is 37.3 Å². The summed E-state index contributed by atoms with van der Waals surface area (Å²) < 4.78 is 5.58. The summed E-state index contributed by atoms with van der Waals surface area (Å²) >= 11 is 5.90. The van der Waals surface area contributed by atoms with Crippen LogP contribution in [0.1, 0.15) is 24.2 Å². The zero-order chi connectivity index (χ0) is 18.2. The Morgan fingerprint density at radius 2 is 1.92 bits per heavy atom. The highest BCUT2D eigenvalue weighted by atomic mass is 35.5. The summed E-state index contributed by atoms with van der Waals surface area (Å²) in [4.78, 5) is 25.8. The van der Waals surface area contributed by atoms with Gasteiger partial charge < -0.3 is 15.0 Å². The van der Waals surface area contributed by atoms with E-state index >= 15 is 0 Å². The molecule has 2 rings (SSSR count). The Bertz CT molecular complexity index is 749. The number of para-hydroxylation sites is 2. The van der Waals surface area contributed by atoms with Crippen LogP contribution in [0.5, 0.6) is 5.75 Å². The number of nitrogens with zero attached hydrogens (tertiary/aromatic N) is 1. The molecular formula is C19H21ClN2O3.